The molecule has 0 saturated carbocycles. The van der Waals surface area contributed by atoms with Gasteiger partial charge in [0.2, 0.25) is 0 Å². The van der Waals surface area contributed by atoms with Crippen LogP contribution in [0.2, 0.25) is 0 Å². The molecule has 0 aromatic heterocycles. The summed E-state index contributed by atoms with van der Waals surface area (Å²) in [5.41, 5.74) is 0.268. The lowest BCUT2D eigenvalue weighted by molar-refractivity contribution is -0.121. The molecule has 0 bridgehead atoms. The number of unbranched alkanes of at least 4 members (excludes halogenated alkanes) is 1. The largest absolute Gasteiger partial charge is 0.272 e. The predicted octanol–water partition coefficient (Wildman–Crippen LogP) is 2.89. The molecule has 0 aliphatic rings. The van der Waals surface area contributed by atoms with Crippen LogP contribution >= 0.6 is 0 Å². The van der Waals surface area contributed by atoms with E-state index in [1.54, 1.807) is 12.1 Å². The first-order valence-electron chi connectivity index (χ1n) is 4.70. The molecule has 1 amide bonds. The maximum atomic E-state index is 13.3. The Balaban J connectivity index is 2.57. The van der Waals surface area contributed by atoms with Crippen LogP contribution in [0.5, 0.6) is 0 Å². The first kappa shape index (κ1) is 10.7. The van der Waals surface area contributed by atoms with Gasteiger partial charge in [-0.15, -0.1) is 5.12 Å². The quantitative estimate of drug-likeness (QED) is 0.675. The maximum Gasteiger partial charge on any atom is 0.255 e. The maximum absolute atomic E-state index is 13.3. The van der Waals surface area contributed by atoms with Crippen molar-refractivity contribution in [2.24, 2.45) is 0 Å². The molecule has 0 aliphatic heterocycles. The Morgan fingerprint density at radius 2 is 2.14 bits per heavy atom. The van der Waals surface area contributed by atoms with Gasteiger partial charge in [0.25, 0.3) is 5.91 Å². The van der Waals surface area contributed by atoms with E-state index in [4.69, 9.17) is 0 Å². The van der Waals surface area contributed by atoms with Crippen molar-refractivity contribution >= 4 is 11.6 Å². The zero-order valence-corrected chi connectivity index (χ0v) is 8.16. The summed E-state index contributed by atoms with van der Waals surface area (Å²) in [5.74, 6) is -0.488. The number of benzene rings is 1. The second-order valence-corrected chi connectivity index (χ2v) is 3.04. The highest BCUT2D eigenvalue weighted by Crippen LogP contribution is 2.15. The minimum atomic E-state index is -0.488. The number of amides is 1. The van der Waals surface area contributed by atoms with Crippen LogP contribution in [0.25, 0.3) is 0 Å². The van der Waals surface area contributed by atoms with Crippen LogP contribution in [0.3, 0.4) is 0 Å². The molecule has 0 spiro atoms. The molecule has 0 unspecified atom stereocenters. The summed E-state index contributed by atoms with van der Waals surface area (Å²) in [7, 11) is 0. The normalized spacial score (nSPS) is 9.86. The van der Waals surface area contributed by atoms with E-state index < -0.39 is 5.91 Å². The van der Waals surface area contributed by atoms with Crippen molar-refractivity contribution in [2.75, 3.05) is 5.12 Å². The van der Waals surface area contributed by atoms with E-state index in [0.717, 1.165) is 12.8 Å². The van der Waals surface area contributed by atoms with E-state index in [9.17, 15) is 9.28 Å². The highest BCUT2D eigenvalue weighted by atomic mass is 19.2. The lowest BCUT2D eigenvalue weighted by atomic mass is 10.2. The van der Waals surface area contributed by atoms with Crippen molar-refractivity contribution < 1.29 is 9.28 Å². The highest BCUT2D eigenvalue weighted by molar-refractivity contribution is 5.90. The van der Waals surface area contributed by atoms with Crippen molar-refractivity contribution in [2.45, 2.75) is 26.2 Å². The van der Waals surface area contributed by atoms with Crippen LogP contribution in [0.4, 0.5) is 10.2 Å². The summed E-state index contributed by atoms with van der Waals surface area (Å²) in [4.78, 5) is 11.2. The van der Waals surface area contributed by atoms with Crippen LogP contribution in [-0.4, -0.2) is 5.91 Å². The van der Waals surface area contributed by atoms with E-state index in [-0.39, 0.29) is 17.2 Å². The fourth-order valence-corrected chi connectivity index (χ4v) is 1.08. The molecular weight excluding hydrogens is 181 g/mol. The smallest absolute Gasteiger partial charge is 0.255 e. The van der Waals surface area contributed by atoms with Gasteiger partial charge in [-0.25, -0.2) is 0 Å². The minimum absolute atomic E-state index is 0.198. The number of hydrogen-bond acceptors (Lipinski definition) is 1. The van der Waals surface area contributed by atoms with Gasteiger partial charge in [0.05, 0.1) is 5.69 Å². The number of carbonyl (C=O) groups is 1. The molecule has 1 aromatic rings. The van der Waals surface area contributed by atoms with Crippen molar-refractivity contribution in [3.05, 3.63) is 30.3 Å². The van der Waals surface area contributed by atoms with Gasteiger partial charge in [0.15, 0.2) is 0 Å². The van der Waals surface area contributed by atoms with Crippen molar-refractivity contribution in [1.29, 1.82) is 0 Å². The first-order valence-corrected chi connectivity index (χ1v) is 4.70. The number of nitrogens with zero attached hydrogens (tertiary/aromatic N) is 1. The van der Waals surface area contributed by atoms with Crippen molar-refractivity contribution in [3.8, 4) is 0 Å². The van der Waals surface area contributed by atoms with Gasteiger partial charge < -0.3 is 0 Å². The molecule has 0 N–H and O–H groups in total. The van der Waals surface area contributed by atoms with Crippen LogP contribution in [0.1, 0.15) is 26.2 Å². The molecule has 0 heterocycles. The lowest BCUT2D eigenvalue weighted by Crippen LogP contribution is -2.21. The molecule has 1 radical (unpaired) electrons. The highest BCUT2D eigenvalue weighted by Gasteiger charge is 2.13. The van der Waals surface area contributed by atoms with E-state index in [2.05, 4.69) is 6.07 Å². The molecule has 0 saturated heterocycles. The Labute approximate surface area is 83.3 Å². The second-order valence-electron chi connectivity index (χ2n) is 3.04. The third-order valence-corrected chi connectivity index (χ3v) is 1.89. The molecule has 3 heteroatoms. The summed E-state index contributed by atoms with van der Waals surface area (Å²) in [5, 5.41) is 0.198. The van der Waals surface area contributed by atoms with Gasteiger partial charge in [-0.2, -0.15) is 0 Å². The standard InChI is InChI=1S/C11H13FNO/c1-2-3-9-11(14)13(12)10-7-5-4-6-8-10/h5-8H,2-3,9H2,1H3. The van der Waals surface area contributed by atoms with Gasteiger partial charge in [-0.1, -0.05) is 30.0 Å². The number of anilines is 1. The Morgan fingerprint density at radius 1 is 1.50 bits per heavy atom. The Bertz CT molecular complexity index is 287. The van der Waals surface area contributed by atoms with Crippen molar-refractivity contribution in [1.82, 2.24) is 0 Å². The Morgan fingerprint density at radius 3 is 2.71 bits per heavy atom. The van der Waals surface area contributed by atoms with Gasteiger partial charge >= 0.3 is 0 Å². The molecule has 1 rings (SSSR count). The van der Waals surface area contributed by atoms with Gasteiger partial charge in [0, 0.05) is 6.42 Å². The molecule has 2 nitrogen and oxygen atoms in total. The van der Waals surface area contributed by atoms with E-state index in [1.165, 1.54) is 12.1 Å². The SMILES string of the molecule is CCCCC(=O)N(F)c1cc[c]cc1. The Kier molecular flexibility index (Phi) is 4.11. The average Bonchev–Trinajstić information content (AvgIpc) is 2.26. The summed E-state index contributed by atoms with van der Waals surface area (Å²) in [6.07, 6.45) is 1.87. The van der Waals surface area contributed by atoms with E-state index in [0.29, 0.717) is 0 Å². The van der Waals surface area contributed by atoms with Crippen LogP contribution < -0.4 is 5.12 Å². The molecule has 14 heavy (non-hydrogen) atoms. The third kappa shape index (κ3) is 2.83. The van der Waals surface area contributed by atoms with Gasteiger partial charge in [-0.05, 0) is 24.6 Å². The molecule has 0 aliphatic carbocycles. The summed E-state index contributed by atoms with van der Waals surface area (Å²) in [6.45, 7) is 1.97. The van der Waals surface area contributed by atoms with Crippen LogP contribution in [0, 0.1) is 6.07 Å². The van der Waals surface area contributed by atoms with E-state index in [1.807, 2.05) is 6.92 Å². The molecule has 0 atom stereocenters. The van der Waals surface area contributed by atoms with Gasteiger partial charge in [0.1, 0.15) is 0 Å². The van der Waals surface area contributed by atoms with Crippen LogP contribution in [-0.2, 0) is 4.79 Å². The summed E-state index contributed by atoms with van der Waals surface area (Å²) < 4.78 is 13.3. The summed E-state index contributed by atoms with van der Waals surface area (Å²) in [6, 6.07) is 8.96. The molecule has 0 fully saturated rings. The first-order chi connectivity index (χ1) is 6.75. The lowest BCUT2D eigenvalue weighted by Gasteiger charge is -2.10. The molecule has 75 valence electrons. The zero-order chi connectivity index (χ0) is 10.4. The second kappa shape index (κ2) is 5.37. The van der Waals surface area contributed by atoms with Crippen molar-refractivity contribution in [3.63, 3.8) is 0 Å². The Hall–Kier alpha value is -1.38. The number of halogens is 1. The number of carbonyl (C=O) groups excluding carboxylic acids is 1. The fraction of sp³-hybridized carbons (Fsp3) is 0.364. The average molecular weight is 194 g/mol. The van der Waals surface area contributed by atoms with Crippen LogP contribution in [0.15, 0.2) is 24.3 Å². The zero-order valence-electron chi connectivity index (χ0n) is 8.16. The monoisotopic (exact) mass is 194 g/mol. The third-order valence-electron chi connectivity index (χ3n) is 1.89. The topological polar surface area (TPSA) is 20.3 Å². The van der Waals surface area contributed by atoms with E-state index >= 15 is 0 Å². The summed E-state index contributed by atoms with van der Waals surface area (Å²) >= 11 is 0. The molecule has 1 aromatic carbocycles. The fourth-order valence-electron chi connectivity index (χ4n) is 1.08. The number of hydrogen-bond donors (Lipinski definition) is 0. The predicted molar refractivity (Wildman–Crippen MR) is 53.4 cm³/mol. The van der Waals surface area contributed by atoms with Gasteiger partial charge in [-0.3, -0.25) is 4.79 Å². The number of rotatable bonds is 4. The molecular formula is C11H13FNO. The minimum Gasteiger partial charge on any atom is -0.272 e.